The maximum atomic E-state index is 13.7. The van der Waals surface area contributed by atoms with Crippen LogP contribution in [-0.2, 0) is 4.74 Å². The van der Waals surface area contributed by atoms with E-state index in [-0.39, 0.29) is 22.6 Å². The van der Waals surface area contributed by atoms with Gasteiger partial charge in [-0.3, -0.25) is 4.79 Å². The number of benzene rings is 3. The molecule has 0 fully saturated rings. The number of carbonyl (C=O) groups is 2. The van der Waals surface area contributed by atoms with Crippen molar-refractivity contribution >= 4 is 11.8 Å². The van der Waals surface area contributed by atoms with E-state index in [2.05, 4.69) is 0 Å². The van der Waals surface area contributed by atoms with Crippen molar-refractivity contribution in [3.05, 3.63) is 83.7 Å². The molecule has 0 saturated carbocycles. The second-order valence-electron chi connectivity index (χ2n) is 5.97. The first kappa shape index (κ1) is 19.1. The number of phenolic OH excluding ortho intramolecular Hbond substituents is 1. The van der Waals surface area contributed by atoms with Crippen molar-refractivity contribution < 1.29 is 28.6 Å². The Labute approximate surface area is 161 Å². The summed E-state index contributed by atoms with van der Waals surface area (Å²) in [4.78, 5) is 24.2. The zero-order valence-electron chi connectivity index (χ0n) is 15.0. The van der Waals surface area contributed by atoms with Gasteiger partial charge in [0.2, 0.25) is 0 Å². The molecule has 0 radical (unpaired) electrons. The van der Waals surface area contributed by atoms with Crippen molar-refractivity contribution in [1.29, 1.82) is 0 Å². The summed E-state index contributed by atoms with van der Waals surface area (Å²) in [5.74, 6) is -1.63. The molecule has 0 heterocycles. The number of hydrogen-bond donors (Lipinski definition) is 1. The fourth-order valence-electron chi connectivity index (χ4n) is 2.59. The molecule has 0 unspecified atom stereocenters. The Balaban J connectivity index is 1.62. The van der Waals surface area contributed by atoms with Crippen LogP contribution in [0, 0.1) is 5.82 Å². The Hall–Kier alpha value is -3.67. The molecule has 1 N–H and O–H groups in total. The number of esters is 1. The minimum absolute atomic E-state index is 0.0299. The Bertz CT molecular complexity index is 994. The van der Waals surface area contributed by atoms with E-state index < -0.39 is 24.2 Å². The van der Waals surface area contributed by atoms with Gasteiger partial charge in [0.15, 0.2) is 24.0 Å². The number of ketones is 1. The van der Waals surface area contributed by atoms with Gasteiger partial charge in [-0.15, -0.1) is 0 Å². The minimum atomic E-state index is -0.663. The van der Waals surface area contributed by atoms with Crippen LogP contribution in [0.2, 0.25) is 0 Å². The molecule has 0 saturated heterocycles. The van der Waals surface area contributed by atoms with E-state index in [0.717, 1.165) is 17.2 Å². The van der Waals surface area contributed by atoms with Crippen molar-refractivity contribution in [2.24, 2.45) is 0 Å². The highest BCUT2D eigenvalue weighted by Gasteiger charge is 2.14. The molecule has 3 aromatic rings. The number of ether oxygens (including phenoxy) is 2. The lowest BCUT2D eigenvalue weighted by Gasteiger charge is -2.07. The smallest absolute Gasteiger partial charge is 0.338 e. The first-order chi connectivity index (χ1) is 13.5. The summed E-state index contributed by atoms with van der Waals surface area (Å²) >= 11 is 0. The van der Waals surface area contributed by atoms with E-state index in [1.54, 1.807) is 48.5 Å². The number of phenols is 1. The van der Waals surface area contributed by atoms with Crippen LogP contribution in [0.15, 0.2) is 66.7 Å². The molecule has 5 nitrogen and oxygen atoms in total. The van der Waals surface area contributed by atoms with Crippen LogP contribution in [-0.4, -0.2) is 30.6 Å². The molecule has 0 bridgehead atoms. The highest BCUT2D eigenvalue weighted by Crippen LogP contribution is 2.22. The zero-order chi connectivity index (χ0) is 20.1. The lowest BCUT2D eigenvalue weighted by atomic mass is 10.0. The zero-order valence-corrected chi connectivity index (χ0v) is 15.0. The molecule has 0 aliphatic rings. The monoisotopic (exact) mass is 380 g/mol. The van der Waals surface area contributed by atoms with Crippen LogP contribution in [0.1, 0.15) is 20.7 Å². The third-order valence-electron chi connectivity index (χ3n) is 4.13. The molecule has 6 heteroatoms. The van der Waals surface area contributed by atoms with E-state index in [9.17, 15) is 19.1 Å². The van der Waals surface area contributed by atoms with E-state index in [1.165, 1.54) is 19.2 Å². The quantitative estimate of drug-likeness (QED) is 0.511. The highest BCUT2D eigenvalue weighted by atomic mass is 19.1. The predicted octanol–water partition coefficient (Wildman–Crippen LogP) is 4.25. The fraction of sp³-hybridized carbons (Fsp3) is 0.0909. The average molecular weight is 380 g/mol. The van der Waals surface area contributed by atoms with Gasteiger partial charge < -0.3 is 14.6 Å². The lowest BCUT2D eigenvalue weighted by molar-refractivity contribution is 0.0474. The number of aromatic hydroxyl groups is 1. The number of carbonyl (C=O) groups excluding carboxylic acids is 2. The van der Waals surface area contributed by atoms with Crippen LogP contribution in [0.5, 0.6) is 11.5 Å². The van der Waals surface area contributed by atoms with Crippen LogP contribution >= 0.6 is 0 Å². The Morgan fingerprint density at radius 2 is 1.46 bits per heavy atom. The van der Waals surface area contributed by atoms with Crippen LogP contribution in [0.25, 0.3) is 11.1 Å². The van der Waals surface area contributed by atoms with Gasteiger partial charge in [0.1, 0.15) is 5.75 Å². The molecule has 0 spiro atoms. The van der Waals surface area contributed by atoms with E-state index in [1.807, 2.05) is 0 Å². The number of halogens is 1. The molecule has 0 aliphatic carbocycles. The number of Topliss-reactive ketones (excluding diaryl/α,β-unsaturated/α-hetero) is 1. The van der Waals surface area contributed by atoms with Crippen molar-refractivity contribution in [3.63, 3.8) is 0 Å². The van der Waals surface area contributed by atoms with Crippen molar-refractivity contribution in [2.45, 2.75) is 0 Å². The summed E-state index contributed by atoms with van der Waals surface area (Å²) in [7, 11) is 1.33. The van der Waals surface area contributed by atoms with Crippen LogP contribution in [0.3, 0.4) is 0 Å². The van der Waals surface area contributed by atoms with Gasteiger partial charge in [-0.25, -0.2) is 9.18 Å². The molecule has 3 rings (SSSR count). The van der Waals surface area contributed by atoms with E-state index in [4.69, 9.17) is 9.47 Å². The largest absolute Gasteiger partial charge is 0.508 e. The predicted molar refractivity (Wildman–Crippen MR) is 101 cm³/mol. The topological polar surface area (TPSA) is 72.8 Å². The van der Waals surface area contributed by atoms with Gasteiger partial charge in [-0.1, -0.05) is 24.3 Å². The second-order valence-corrected chi connectivity index (χ2v) is 5.97. The minimum Gasteiger partial charge on any atom is -0.508 e. The molecule has 28 heavy (non-hydrogen) atoms. The SMILES string of the molecule is COc1ccc(C(=O)COC(=O)c2ccc(-c3ccc(O)cc3)cc2)cc1F. The molecule has 142 valence electrons. The maximum Gasteiger partial charge on any atom is 0.338 e. The number of rotatable bonds is 6. The standard InChI is InChI=1S/C22H17FO5/c1-27-21-11-8-17(12-19(21)23)20(25)13-28-22(26)16-4-2-14(3-5-16)15-6-9-18(24)10-7-15/h2-12,24H,13H2,1H3. The van der Waals surface area contributed by atoms with Crippen molar-refractivity contribution in [3.8, 4) is 22.6 Å². The fourth-order valence-corrected chi connectivity index (χ4v) is 2.59. The molecule has 0 atom stereocenters. The first-order valence-electron chi connectivity index (χ1n) is 8.41. The summed E-state index contributed by atoms with van der Waals surface area (Å²) in [6.45, 7) is -0.496. The summed E-state index contributed by atoms with van der Waals surface area (Å²) in [6.07, 6.45) is 0. The molecule has 0 aromatic heterocycles. The molecular formula is C22H17FO5. The van der Waals surface area contributed by atoms with E-state index in [0.29, 0.717) is 0 Å². The lowest BCUT2D eigenvalue weighted by Crippen LogP contribution is -2.14. The molecular weight excluding hydrogens is 363 g/mol. The van der Waals surface area contributed by atoms with Crippen molar-refractivity contribution in [2.75, 3.05) is 13.7 Å². The summed E-state index contributed by atoms with van der Waals surface area (Å²) in [5, 5.41) is 9.33. The maximum absolute atomic E-state index is 13.7. The van der Waals surface area contributed by atoms with E-state index >= 15 is 0 Å². The summed E-state index contributed by atoms with van der Waals surface area (Å²) < 4.78 is 23.5. The summed E-state index contributed by atoms with van der Waals surface area (Å²) in [6, 6.07) is 17.1. The third-order valence-corrected chi connectivity index (χ3v) is 4.13. The Morgan fingerprint density at radius 3 is 2.04 bits per heavy atom. The normalized spacial score (nSPS) is 10.4. The Morgan fingerprint density at radius 1 is 0.893 bits per heavy atom. The van der Waals surface area contributed by atoms with Crippen molar-refractivity contribution in [1.82, 2.24) is 0 Å². The average Bonchev–Trinajstić information content (AvgIpc) is 2.72. The van der Waals surface area contributed by atoms with Crippen LogP contribution in [0.4, 0.5) is 4.39 Å². The number of methoxy groups -OCH3 is 1. The highest BCUT2D eigenvalue weighted by molar-refractivity contribution is 5.99. The molecule has 0 aliphatic heterocycles. The van der Waals surface area contributed by atoms with Crippen LogP contribution < -0.4 is 4.74 Å². The van der Waals surface area contributed by atoms with Gasteiger partial charge in [-0.2, -0.15) is 0 Å². The van der Waals surface area contributed by atoms with Gasteiger partial charge in [-0.05, 0) is 53.6 Å². The van der Waals surface area contributed by atoms with Gasteiger partial charge in [0, 0.05) is 5.56 Å². The summed E-state index contributed by atoms with van der Waals surface area (Å²) in [5.41, 5.74) is 2.13. The number of hydrogen-bond acceptors (Lipinski definition) is 5. The molecule has 3 aromatic carbocycles. The van der Waals surface area contributed by atoms with Gasteiger partial charge in [0.05, 0.1) is 12.7 Å². The molecule has 0 amide bonds. The van der Waals surface area contributed by atoms with Gasteiger partial charge >= 0.3 is 5.97 Å². The third kappa shape index (κ3) is 4.35. The Kier molecular flexibility index (Phi) is 5.69. The first-order valence-corrected chi connectivity index (χ1v) is 8.41. The van der Waals surface area contributed by atoms with Gasteiger partial charge in [0.25, 0.3) is 0 Å². The second kappa shape index (κ2) is 8.35.